The summed E-state index contributed by atoms with van der Waals surface area (Å²) in [6.07, 6.45) is 6.67. The average molecular weight is 793 g/mol. The molecule has 0 unspecified atom stereocenters. The van der Waals surface area contributed by atoms with E-state index < -0.39 is 11.9 Å². The number of thiophene rings is 1. The normalized spacial score (nSPS) is 14.6. The lowest BCUT2D eigenvalue weighted by molar-refractivity contribution is -0.122. The third kappa shape index (κ3) is 8.93. The maximum absolute atomic E-state index is 13.2. The molecule has 0 saturated carbocycles. The highest BCUT2D eigenvalue weighted by Gasteiger charge is 2.32. The first-order valence-corrected chi connectivity index (χ1v) is 20.3. The second-order valence-electron chi connectivity index (χ2n) is 14.2. The highest BCUT2D eigenvalue weighted by Crippen LogP contribution is 2.39. The van der Waals surface area contributed by atoms with Crippen LogP contribution in [0.3, 0.4) is 0 Å². The lowest BCUT2D eigenvalue weighted by Crippen LogP contribution is -2.37. The summed E-state index contributed by atoms with van der Waals surface area (Å²) in [6.45, 7) is 7.66. The Bertz CT molecular complexity index is 2260. The van der Waals surface area contributed by atoms with E-state index in [1.54, 1.807) is 29.5 Å². The molecule has 0 aliphatic carbocycles. The number of unbranched alkanes of at least 4 members (excludes halogenated alkanes) is 4. The lowest BCUT2D eigenvalue weighted by atomic mass is 9.99. The number of carbonyl (C=O) groups excluding carboxylic acids is 3. The number of nitrogens with one attached hydrogen (secondary N) is 2. The molecule has 13 heteroatoms. The minimum absolute atomic E-state index is 0.118. The van der Waals surface area contributed by atoms with Crippen LogP contribution in [0.4, 0.5) is 0 Å². The third-order valence-electron chi connectivity index (χ3n) is 10.2. The standard InChI is InChI=1S/C43H45ClN6O5S/c1-26-27(2)56-43-38(26)40(30-15-17-32(44)18-16-30)46-34(41-49-48-28(3)50(41)43)25-36(51)45-21-23-54-22-8-6-4-5-7-10-29-13-19-33(20-14-29)55-35-12-9-11-31-24-37(52)47-42(53)39(31)35/h9,11-20,34H,4-8,10,21-25H2,1-3H3,(H,45,51)(H,47,52,53)/t34-/m0/s1. The van der Waals surface area contributed by atoms with Gasteiger partial charge >= 0.3 is 0 Å². The Balaban J connectivity index is 0.807. The average Bonchev–Trinajstić information content (AvgIpc) is 3.66. The molecule has 2 aromatic heterocycles. The molecule has 0 fully saturated rings. The van der Waals surface area contributed by atoms with E-state index in [1.165, 1.54) is 10.4 Å². The van der Waals surface area contributed by atoms with Crippen molar-refractivity contribution in [2.24, 2.45) is 4.99 Å². The quantitative estimate of drug-likeness (QED) is 0.0761. The fourth-order valence-corrected chi connectivity index (χ4v) is 8.47. The lowest BCUT2D eigenvalue weighted by Gasteiger charge is -2.18. The monoisotopic (exact) mass is 792 g/mol. The van der Waals surface area contributed by atoms with Gasteiger partial charge in [0.05, 0.1) is 30.7 Å². The van der Waals surface area contributed by atoms with E-state index in [4.69, 9.17) is 26.1 Å². The summed E-state index contributed by atoms with van der Waals surface area (Å²) in [5, 5.41) is 15.9. The van der Waals surface area contributed by atoms with E-state index in [1.807, 2.05) is 43.3 Å². The molecule has 0 bridgehead atoms. The van der Waals surface area contributed by atoms with Gasteiger partial charge in [0.25, 0.3) is 5.91 Å². The van der Waals surface area contributed by atoms with Crippen LogP contribution in [-0.4, -0.2) is 58.0 Å². The van der Waals surface area contributed by atoms with Crippen LogP contribution in [0.25, 0.3) is 5.00 Å². The Kier molecular flexibility index (Phi) is 12.4. The Morgan fingerprint density at radius 2 is 1.70 bits per heavy atom. The molecule has 2 N–H and O–H groups in total. The number of imide groups is 1. The smallest absolute Gasteiger partial charge is 0.261 e. The number of aromatic nitrogens is 3. The van der Waals surface area contributed by atoms with Crippen LogP contribution >= 0.6 is 22.9 Å². The summed E-state index contributed by atoms with van der Waals surface area (Å²) in [4.78, 5) is 43.7. The zero-order valence-corrected chi connectivity index (χ0v) is 33.4. The molecule has 5 aromatic rings. The van der Waals surface area contributed by atoms with Crippen LogP contribution in [0, 0.1) is 20.8 Å². The van der Waals surface area contributed by atoms with Crippen molar-refractivity contribution in [2.45, 2.75) is 78.2 Å². The molecule has 2 aliphatic rings. The number of aliphatic imine (C=N–C) groups is 1. The summed E-state index contributed by atoms with van der Waals surface area (Å²) < 4.78 is 13.9. The van der Waals surface area contributed by atoms with E-state index >= 15 is 0 Å². The van der Waals surface area contributed by atoms with Crippen molar-refractivity contribution < 1.29 is 23.9 Å². The number of carbonyl (C=O) groups is 3. The number of rotatable bonds is 16. The van der Waals surface area contributed by atoms with Gasteiger partial charge in [-0.3, -0.25) is 29.3 Å². The Labute approximate surface area is 335 Å². The van der Waals surface area contributed by atoms with Crippen molar-refractivity contribution in [3.8, 4) is 16.5 Å². The molecule has 3 amide bonds. The highest BCUT2D eigenvalue weighted by molar-refractivity contribution is 7.15. The zero-order valence-electron chi connectivity index (χ0n) is 31.8. The van der Waals surface area contributed by atoms with Gasteiger partial charge < -0.3 is 14.8 Å². The fourth-order valence-electron chi connectivity index (χ4n) is 7.13. The molecule has 0 saturated heterocycles. The Morgan fingerprint density at radius 1 is 0.929 bits per heavy atom. The molecule has 4 heterocycles. The van der Waals surface area contributed by atoms with E-state index in [2.05, 4.69) is 51.4 Å². The third-order valence-corrected chi connectivity index (χ3v) is 11.6. The Hall–Kier alpha value is -5.17. The summed E-state index contributed by atoms with van der Waals surface area (Å²) in [5.41, 5.74) is 6.27. The zero-order chi connectivity index (χ0) is 39.2. The first-order chi connectivity index (χ1) is 27.2. The number of aryl methyl sites for hydroxylation is 3. The molecular formula is C43H45ClN6O5S. The molecule has 1 atom stereocenters. The molecule has 290 valence electrons. The van der Waals surface area contributed by atoms with Gasteiger partial charge in [0.1, 0.15) is 28.4 Å². The van der Waals surface area contributed by atoms with Gasteiger partial charge in [-0.2, -0.15) is 0 Å². The predicted molar refractivity (Wildman–Crippen MR) is 218 cm³/mol. The summed E-state index contributed by atoms with van der Waals surface area (Å²) in [7, 11) is 0. The second-order valence-corrected chi connectivity index (χ2v) is 15.8. The minimum atomic E-state index is -0.513. The number of hydrogen-bond acceptors (Lipinski definition) is 9. The number of hydrogen-bond donors (Lipinski definition) is 2. The molecule has 11 nitrogen and oxygen atoms in total. The summed E-state index contributed by atoms with van der Waals surface area (Å²) in [6, 6.07) is 20.4. The molecule has 0 radical (unpaired) electrons. The van der Waals surface area contributed by atoms with Crippen molar-refractivity contribution in [1.82, 2.24) is 25.4 Å². The first kappa shape index (κ1) is 39.1. The van der Waals surface area contributed by atoms with E-state index in [-0.39, 0.29) is 24.7 Å². The van der Waals surface area contributed by atoms with Crippen molar-refractivity contribution in [2.75, 3.05) is 19.8 Å². The van der Waals surface area contributed by atoms with Crippen LogP contribution in [-0.2, 0) is 27.2 Å². The van der Waals surface area contributed by atoms with Gasteiger partial charge in [0, 0.05) is 34.2 Å². The summed E-state index contributed by atoms with van der Waals surface area (Å²) in [5.74, 6) is 1.66. The van der Waals surface area contributed by atoms with Crippen LogP contribution < -0.4 is 15.4 Å². The second kappa shape index (κ2) is 17.7. The van der Waals surface area contributed by atoms with E-state index in [9.17, 15) is 14.4 Å². The van der Waals surface area contributed by atoms with Crippen LogP contribution in [0.15, 0.2) is 71.7 Å². The molecule has 2 aliphatic heterocycles. The Morgan fingerprint density at radius 3 is 2.50 bits per heavy atom. The van der Waals surface area contributed by atoms with Crippen molar-refractivity contribution in [3.63, 3.8) is 0 Å². The van der Waals surface area contributed by atoms with Crippen LogP contribution in [0.5, 0.6) is 11.5 Å². The molecule has 56 heavy (non-hydrogen) atoms. The van der Waals surface area contributed by atoms with E-state index in [0.29, 0.717) is 53.2 Å². The van der Waals surface area contributed by atoms with Gasteiger partial charge in [-0.25, -0.2) is 0 Å². The highest BCUT2D eigenvalue weighted by atomic mass is 35.5. The molecule has 0 spiro atoms. The molecule has 7 rings (SSSR count). The molecular weight excluding hydrogens is 748 g/mol. The molecule has 3 aromatic carbocycles. The van der Waals surface area contributed by atoms with Gasteiger partial charge in [-0.1, -0.05) is 67.3 Å². The minimum Gasteiger partial charge on any atom is -0.457 e. The number of fused-ring (bicyclic) bond motifs is 4. The van der Waals surface area contributed by atoms with Crippen LogP contribution in [0.2, 0.25) is 5.02 Å². The van der Waals surface area contributed by atoms with Gasteiger partial charge in [0.15, 0.2) is 5.82 Å². The number of halogens is 1. The van der Waals surface area contributed by atoms with E-state index in [0.717, 1.165) is 71.8 Å². The summed E-state index contributed by atoms with van der Waals surface area (Å²) >= 11 is 7.91. The topological polar surface area (TPSA) is 137 Å². The maximum atomic E-state index is 13.2. The van der Waals surface area contributed by atoms with Gasteiger partial charge in [0.2, 0.25) is 11.8 Å². The van der Waals surface area contributed by atoms with Crippen molar-refractivity contribution in [1.29, 1.82) is 0 Å². The van der Waals surface area contributed by atoms with Crippen molar-refractivity contribution >= 4 is 46.4 Å². The number of amides is 3. The maximum Gasteiger partial charge on any atom is 0.261 e. The van der Waals surface area contributed by atoms with Crippen molar-refractivity contribution in [3.05, 3.63) is 122 Å². The number of benzene rings is 3. The largest absolute Gasteiger partial charge is 0.457 e. The predicted octanol–water partition coefficient (Wildman–Crippen LogP) is 8.12. The number of ether oxygens (including phenoxy) is 2. The number of nitrogens with zero attached hydrogens (tertiary/aromatic N) is 4. The van der Waals surface area contributed by atoms with Crippen LogP contribution in [0.1, 0.15) is 99.3 Å². The van der Waals surface area contributed by atoms with Gasteiger partial charge in [-0.05, 0) is 87.1 Å². The fraction of sp³-hybridized carbons (Fsp3) is 0.349. The first-order valence-electron chi connectivity index (χ1n) is 19.1. The SMILES string of the molecule is Cc1sc2c(c1C)C(c1ccc(Cl)cc1)=N[C@@H](CC(=O)NCCOCCCCCCCc1ccc(Oc3cccc4c3C(=O)NC(=O)C4)cc1)c1nnc(C)n1-2. The van der Waals surface area contributed by atoms with Gasteiger partial charge in [-0.15, -0.1) is 21.5 Å².